The molecule has 1 aliphatic rings. The Balaban J connectivity index is 1.51. The quantitative estimate of drug-likeness (QED) is 0.699. The summed E-state index contributed by atoms with van der Waals surface area (Å²) in [5.74, 6) is 1.37. The van der Waals surface area contributed by atoms with Crippen LogP contribution in [0.3, 0.4) is 0 Å². The molecule has 1 fully saturated rings. The van der Waals surface area contributed by atoms with E-state index in [0.717, 1.165) is 12.8 Å². The molecule has 134 valence electrons. The van der Waals surface area contributed by atoms with Gasteiger partial charge in [0.05, 0.1) is 11.9 Å². The van der Waals surface area contributed by atoms with Gasteiger partial charge in [-0.15, -0.1) is 0 Å². The molecular formula is C17H18N6O3. The molecule has 9 heteroatoms. The van der Waals surface area contributed by atoms with Crippen LogP contribution in [-0.2, 0) is 6.42 Å². The maximum atomic E-state index is 12.9. The van der Waals surface area contributed by atoms with Crippen molar-refractivity contribution >= 4 is 5.91 Å². The van der Waals surface area contributed by atoms with E-state index in [0.29, 0.717) is 47.4 Å². The Morgan fingerprint density at radius 1 is 1.27 bits per heavy atom. The summed E-state index contributed by atoms with van der Waals surface area (Å²) in [6, 6.07) is 0.0171. The average molecular weight is 354 g/mol. The van der Waals surface area contributed by atoms with Crippen LogP contribution in [0.25, 0.3) is 11.6 Å². The number of aryl methyl sites for hydroxylation is 2. The molecule has 0 N–H and O–H groups in total. The average Bonchev–Trinajstić information content (AvgIpc) is 3.37. The van der Waals surface area contributed by atoms with Crippen LogP contribution in [0, 0.1) is 13.8 Å². The van der Waals surface area contributed by atoms with Crippen LogP contribution >= 0.6 is 0 Å². The minimum atomic E-state index is -0.0543. The lowest BCUT2D eigenvalue weighted by Gasteiger charge is -2.23. The molecule has 1 saturated heterocycles. The molecule has 4 rings (SSSR count). The van der Waals surface area contributed by atoms with Crippen molar-refractivity contribution in [3.8, 4) is 11.6 Å². The molecule has 4 heterocycles. The zero-order valence-electron chi connectivity index (χ0n) is 14.5. The summed E-state index contributed by atoms with van der Waals surface area (Å²) in [5.41, 5.74) is 1.69. The van der Waals surface area contributed by atoms with E-state index in [1.54, 1.807) is 32.4 Å². The van der Waals surface area contributed by atoms with Crippen LogP contribution in [0.4, 0.5) is 0 Å². The van der Waals surface area contributed by atoms with E-state index in [9.17, 15) is 4.79 Å². The minimum Gasteiger partial charge on any atom is -0.361 e. The highest BCUT2D eigenvalue weighted by atomic mass is 16.5. The second-order valence-corrected chi connectivity index (χ2v) is 6.30. The molecule has 1 atom stereocenters. The normalized spacial score (nSPS) is 17.0. The first-order valence-electron chi connectivity index (χ1n) is 8.46. The SMILES string of the molecule is Cc1noc(C)c1C(=O)N1CCCC1Cc1noc(-c2cnccn2)n1. The number of carbonyl (C=O) groups is 1. The van der Waals surface area contributed by atoms with Gasteiger partial charge in [-0.3, -0.25) is 9.78 Å². The summed E-state index contributed by atoms with van der Waals surface area (Å²) in [4.78, 5) is 27.3. The number of carbonyl (C=O) groups excluding carboxylic acids is 1. The van der Waals surface area contributed by atoms with Crippen LogP contribution in [0.1, 0.15) is 40.5 Å². The molecule has 0 radical (unpaired) electrons. The highest BCUT2D eigenvalue weighted by Crippen LogP contribution is 2.25. The maximum absolute atomic E-state index is 12.9. The largest absolute Gasteiger partial charge is 0.361 e. The summed E-state index contributed by atoms with van der Waals surface area (Å²) in [5, 5.41) is 7.90. The third-order valence-electron chi connectivity index (χ3n) is 4.55. The Morgan fingerprint density at radius 3 is 2.88 bits per heavy atom. The summed E-state index contributed by atoms with van der Waals surface area (Å²) >= 11 is 0. The van der Waals surface area contributed by atoms with Crippen LogP contribution < -0.4 is 0 Å². The van der Waals surface area contributed by atoms with Gasteiger partial charge in [-0.05, 0) is 26.7 Å². The second kappa shape index (κ2) is 6.66. The van der Waals surface area contributed by atoms with Gasteiger partial charge in [-0.2, -0.15) is 4.98 Å². The van der Waals surface area contributed by atoms with Gasteiger partial charge >= 0.3 is 0 Å². The Bertz CT molecular complexity index is 900. The smallest absolute Gasteiger partial charge is 0.278 e. The number of hydrogen-bond acceptors (Lipinski definition) is 8. The standard InChI is InChI=1S/C17H18N6O3/c1-10-15(11(2)25-21-10)17(24)23-7-3-4-12(23)8-14-20-16(26-22-14)13-9-18-5-6-19-13/h5-6,9,12H,3-4,7-8H2,1-2H3. The number of amides is 1. The molecule has 0 aromatic carbocycles. The van der Waals surface area contributed by atoms with Crippen LogP contribution in [0.5, 0.6) is 0 Å². The van der Waals surface area contributed by atoms with Crippen LogP contribution in [-0.4, -0.2) is 48.7 Å². The van der Waals surface area contributed by atoms with Gasteiger partial charge in [0.25, 0.3) is 11.8 Å². The van der Waals surface area contributed by atoms with E-state index >= 15 is 0 Å². The lowest BCUT2D eigenvalue weighted by atomic mass is 10.1. The summed E-state index contributed by atoms with van der Waals surface area (Å²) in [7, 11) is 0. The van der Waals surface area contributed by atoms with Gasteiger partial charge in [0.15, 0.2) is 5.82 Å². The van der Waals surface area contributed by atoms with Crippen molar-refractivity contribution in [2.75, 3.05) is 6.54 Å². The third kappa shape index (κ3) is 2.96. The van der Waals surface area contributed by atoms with Gasteiger partial charge in [0, 0.05) is 31.4 Å². The van der Waals surface area contributed by atoms with Gasteiger partial charge in [0.2, 0.25) is 0 Å². The first kappa shape index (κ1) is 16.4. The molecule has 0 bridgehead atoms. The Labute approximate surface area is 149 Å². The highest BCUT2D eigenvalue weighted by molar-refractivity contribution is 5.96. The highest BCUT2D eigenvalue weighted by Gasteiger charge is 2.33. The monoisotopic (exact) mass is 354 g/mol. The summed E-state index contributed by atoms with van der Waals surface area (Å²) in [6.07, 6.45) is 7.08. The molecule has 1 aliphatic heterocycles. The third-order valence-corrected chi connectivity index (χ3v) is 4.55. The number of hydrogen-bond donors (Lipinski definition) is 0. The molecule has 3 aromatic heterocycles. The van der Waals surface area contributed by atoms with Gasteiger partial charge in [-0.1, -0.05) is 10.3 Å². The van der Waals surface area contributed by atoms with Gasteiger partial charge in [0.1, 0.15) is 17.0 Å². The molecule has 0 saturated carbocycles. The van der Waals surface area contributed by atoms with E-state index < -0.39 is 0 Å². The molecule has 3 aromatic rings. The number of nitrogens with zero attached hydrogens (tertiary/aromatic N) is 6. The molecule has 9 nitrogen and oxygen atoms in total. The number of rotatable bonds is 4. The van der Waals surface area contributed by atoms with Crippen molar-refractivity contribution in [1.29, 1.82) is 0 Å². The lowest BCUT2D eigenvalue weighted by molar-refractivity contribution is 0.0732. The fourth-order valence-electron chi connectivity index (χ4n) is 3.31. The minimum absolute atomic E-state index is 0.0171. The van der Waals surface area contributed by atoms with Crippen molar-refractivity contribution in [1.82, 2.24) is 30.2 Å². The van der Waals surface area contributed by atoms with Gasteiger partial charge in [-0.25, -0.2) is 4.98 Å². The fourth-order valence-corrected chi connectivity index (χ4v) is 3.31. The molecule has 0 aliphatic carbocycles. The summed E-state index contributed by atoms with van der Waals surface area (Å²) < 4.78 is 10.4. The van der Waals surface area contributed by atoms with Crippen LogP contribution in [0.2, 0.25) is 0 Å². The fraction of sp³-hybridized carbons (Fsp3) is 0.412. The Kier molecular flexibility index (Phi) is 4.19. The van der Waals surface area contributed by atoms with Crippen molar-refractivity contribution in [3.05, 3.63) is 41.4 Å². The maximum Gasteiger partial charge on any atom is 0.278 e. The van der Waals surface area contributed by atoms with E-state index in [-0.39, 0.29) is 11.9 Å². The second-order valence-electron chi connectivity index (χ2n) is 6.30. The van der Waals surface area contributed by atoms with E-state index in [4.69, 9.17) is 9.05 Å². The predicted octanol–water partition coefficient (Wildman–Crippen LogP) is 1.98. The van der Waals surface area contributed by atoms with Crippen molar-refractivity contribution in [2.45, 2.75) is 39.2 Å². The first-order chi connectivity index (χ1) is 12.6. The number of likely N-dealkylation sites (tertiary alicyclic amines) is 1. The molecule has 1 amide bonds. The zero-order valence-corrected chi connectivity index (χ0v) is 14.5. The topological polar surface area (TPSA) is 111 Å². The molecule has 26 heavy (non-hydrogen) atoms. The van der Waals surface area contributed by atoms with Crippen molar-refractivity contribution in [3.63, 3.8) is 0 Å². The predicted molar refractivity (Wildman–Crippen MR) is 89.1 cm³/mol. The van der Waals surface area contributed by atoms with Crippen molar-refractivity contribution < 1.29 is 13.8 Å². The van der Waals surface area contributed by atoms with Crippen LogP contribution in [0.15, 0.2) is 27.6 Å². The van der Waals surface area contributed by atoms with Crippen molar-refractivity contribution in [2.24, 2.45) is 0 Å². The molecule has 0 spiro atoms. The Hall–Kier alpha value is -3.10. The van der Waals surface area contributed by atoms with Gasteiger partial charge < -0.3 is 13.9 Å². The van der Waals surface area contributed by atoms with E-state index in [1.165, 1.54) is 0 Å². The number of aromatic nitrogens is 5. The first-order valence-corrected chi connectivity index (χ1v) is 8.46. The van der Waals surface area contributed by atoms with E-state index in [1.807, 2.05) is 4.90 Å². The summed E-state index contributed by atoms with van der Waals surface area (Å²) in [6.45, 7) is 4.23. The zero-order chi connectivity index (χ0) is 18.1. The Morgan fingerprint density at radius 2 is 2.15 bits per heavy atom. The lowest BCUT2D eigenvalue weighted by Crippen LogP contribution is -2.37. The molecular weight excluding hydrogens is 336 g/mol. The van der Waals surface area contributed by atoms with E-state index in [2.05, 4.69) is 25.3 Å². The molecule has 1 unspecified atom stereocenters.